The average molecular weight is 419 g/mol. The van der Waals surface area contributed by atoms with E-state index in [1.807, 2.05) is 47.7 Å². The highest BCUT2D eigenvalue weighted by Gasteiger charge is 2.30. The Bertz CT molecular complexity index is 1080. The summed E-state index contributed by atoms with van der Waals surface area (Å²) in [7, 11) is 0. The molecule has 2 aromatic heterocycles. The molecule has 2 aliphatic heterocycles. The van der Waals surface area contributed by atoms with Gasteiger partial charge in [-0.3, -0.25) is 4.79 Å². The van der Waals surface area contributed by atoms with Gasteiger partial charge >= 0.3 is 0 Å². The second-order valence-corrected chi connectivity index (χ2v) is 8.91. The maximum absolute atomic E-state index is 13.2. The van der Waals surface area contributed by atoms with Gasteiger partial charge in [-0.1, -0.05) is 6.42 Å². The van der Waals surface area contributed by atoms with Gasteiger partial charge in [0.2, 0.25) is 0 Å². The summed E-state index contributed by atoms with van der Waals surface area (Å²) in [5.74, 6) is 2.57. The molecule has 0 aliphatic carbocycles. The molecule has 0 radical (unpaired) electrons. The second-order valence-electron chi connectivity index (χ2n) is 8.91. The van der Waals surface area contributed by atoms with Gasteiger partial charge in [0.25, 0.3) is 5.91 Å². The summed E-state index contributed by atoms with van der Waals surface area (Å²) in [4.78, 5) is 15.2. The minimum atomic E-state index is 0.0974. The van der Waals surface area contributed by atoms with E-state index in [0.29, 0.717) is 0 Å². The number of aromatic nitrogens is 5. The van der Waals surface area contributed by atoms with Crippen LogP contribution in [0.2, 0.25) is 0 Å². The van der Waals surface area contributed by atoms with E-state index in [2.05, 4.69) is 25.9 Å². The molecule has 4 heterocycles. The van der Waals surface area contributed by atoms with E-state index in [-0.39, 0.29) is 11.8 Å². The van der Waals surface area contributed by atoms with E-state index >= 15 is 0 Å². The highest BCUT2D eigenvalue weighted by molar-refractivity contribution is 5.94. The Labute approximate surface area is 183 Å². The van der Waals surface area contributed by atoms with Crippen molar-refractivity contribution in [2.75, 3.05) is 13.1 Å². The summed E-state index contributed by atoms with van der Waals surface area (Å²) >= 11 is 0. The monoisotopic (exact) mass is 418 g/mol. The Hall–Kier alpha value is -2.96. The van der Waals surface area contributed by atoms with E-state index in [9.17, 15) is 4.79 Å². The highest BCUT2D eigenvalue weighted by atomic mass is 16.2. The number of amides is 1. The zero-order valence-corrected chi connectivity index (χ0v) is 18.4. The van der Waals surface area contributed by atoms with Gasteiger partial charge in [0.05, 0.1) is 11.4 Å². The number of hydrogen-bond donors (Lipinski definition) is 0. The van der Waals surface area contributed by atoms with Gasteiger partial charge in [0.15, 0.2) is 0 Å². The Morgan fingerprint density at radius 3 is 2.61 bits per heavy atom. The summed E-state index contributed by atoms with van der Waals surface area (Å²) in [6, 6.07) is 9.85. The van der Waals surface area contributed by atoms with Crippen molar-refractivity contribution in [3.8, 4) is 5.69 Å². The van der Waals surface area contributed by atoms with Crippen LogP contribution in [-0.2, 0) is 13.0 Å². The molecule has 1 fully saturated rings. The van der Waals surface area contributed by atoms with Gasteiger partial charge in [-0.2, -0.15) is 5.10 Å². The molecule has 3 aromatic rings. The Kier molecular flexibility index (Phi) is 5.34. The smallest absolute Gasteiger partial charge is 0.253 e. The molecule has 1 unspecified atom stereocenters. The molecule has 1 amide bonds. The second kappa shape index (κ2) is 8.29. The molecule has 7 nitrogen and oxygen atoms in total. The quantitative estimate of drug-likeness (QED) is 0.648. The molecule has 5 rings (SSSR count). The van der Waals surface area contributed by atoms with Crippen LogP contribution in [0.4, 0.5) is 0 Å². The Balaban J connectivity index is 1.32. The van der Waals surface area contributed by atoms with Gasteiger partial charge in [-0.05, 0) is 69.9 Å². The summed E-state index contributed by atoms with van der Waals surface area (Å²) in [5, 5.41) is 13.6. The van der Waals surface area contributed by atoms with Crippen molar-refractivity contribution in [1.82, 2.24) is 29.4 Å². The van der Waals surface area contributed by atoms with Gasteiger partial charge in [-0.25, -0.2) is 4.68 Å². The van der Waals surface area contributed by atoms with E-state index in [1.54, 1.807) is 0 Å². The van der Waals surface area contributed by atoms with Crippen LogP contribution in [-0.4, -0.2) is 48.4 Å². The molecule has 31 heavy (non-hydrogen) atoms. The standard InChI is InChI=1S/C24H30N6O/c1-17-15-18(2)30(27-17)21-11-9-19(10-12-21)24(31)28-13-6-7-20(16-28)23-26-25-22-8-4-3-5-14-29(22)23/h9-12,15,20H,3-8,13-14,16H2,1-2H3. The van der Waals surface area contributed by atoms with Crippen LogP contribution in [0.15, 0.2) is 30.3 Å². The van der Waals surface area contributed by atoms with E-state index in [4.69, 9.17) is 0 Å². The van der Waals surface area contributed by atoms with E-state index < -0.39 is 0 Å². The molecule has 7 heteroatoms. The molecule has 0 saturated carbocycles. The topological polar surface area (TPSA) is 68.8 Å². The summed E-state index contributed by atoms with van der Waals surface area (Å²) in [6.07, 6.45) is 6.73. The van der Waals surface area contributed by atoms with Gasteiger partial charge < -0.3 is 9.47 Å². The molecule has 1 saturated heterocycles. The van der Waals surface area contributed by atoms with E-state index in [1.165, 1.54) is 19.3 Å². The first-order valence-electron chi connectivity index (χ1n) is 11.4. The van der Waals surface area contributed by atoms with Crippen molar-refractivity contribution in [1.29, 1.82) is 0 Å². The fourth-order valence-electron chi connectivity index (χ4n) is 5.00. The fourth-order valence-corrected chi connectivity index (χ4v) is 5.00. The number of carbonyl (C=O) groups excluding carboxylic acids is 1. The number of nitrogens with zero attached hydrogens (tertiary/aromatic N) is 6. The van der Waals surface area contributed by atoms with Crippen LogP contribution in [0.25, 0.3) is 5.69 Å². The van der Waals surface area contributed by atoms with Gasteiger partial charge in [0, 0.05) is 43.2 Å². The predicted octanol–water partition coefficient (Wildman–Crippen LogP) is 3.83. The number of fused-ring (bicyclic) bond motifs is 1. The highest BCUT2D eigenvalue weighted by Crippen LogP contribution is 2.29. The van der Waals surface area contributed by atoms with Crippen LogP contribution in [0.3, 0.4) is 0 Å². The Morgan fingerprint density at radius 1 is 1.00 bits per heavy atom. The summed E-state index contributed by atoms with van der Waals surface area (Å²) in [6.45, 7) is 6.56. The molecule has 162 valence electrons. The third-order valence-corrected chi connectivity index (χ3v) is 6.58. The van der Waals surface area contributed by atoms with Crippen molar-refractivity contribution >= 4 is 5.91 Å². The number of hydrogen-bond acceptors (Lipinski definition) is 4. The van der Waals surface area contributed by atoms with Crippen LogP contribution < -0.4 is 0 Å². The van der Waals surface area contributed by atoms with E-state index in [0.717, 1.165) is 73.2 Å². The number of piperidine rings is 1. The minimum absolute atomic E-state index is 0.0974. The Morgan fingerprint density at radius 2 is 1.84 bits per heavy atom. The maximum atomic E-state index is 13.2. The molecule has 0 N–H and O–H groups in total. The van der Waals surface area contributed by atoms with Crippen molar-refractivity contribution in [3.05, 3.63) is 58.9 Å². The SMILES string of the molecule is Cc1cc(C)n(-c2ccc(C(=O)N3CCCC(c4nnc5n4CCCCC5)C3)cc2)n1. The molecular weight excluding hydrogens is 388 g/mol. The van der Waals surface area contributed by atoms with Gasteiger partial charge in [0.1, 0.15) is 11.6 Å². The number of likely N-dealkylation sites (tertiary alicyclic amines) is 1. The molecule has 0 bridgehead atoms. The lowest BCUT2D eigenvalue weighted by Gasteiger charge is -2.32. The first-order valence-corrected chi connectivity index (χ1v) is 11.4. The minimum Gasteiger partial charge on any atom is -0.338 e. The molecule has 0 spiro atoms. The number of benzene rings is 1. The van der Waals surface area contributed by atoms with Gasteiger partial charge in [-0.15, -0.1) is 10.2 Å². The van der Waals surface area contributed by atoms with Crippen molar-refractivity contribution in [2.45, 2.75) is 64.8 Å². The lowest BCUT2D eigenvalue weighted by Crippen LogP contribution is -2.39. The maximum Gasteiger partial charge on any atom is 0.253 e. The van der Waals surface area contributed by atoms with Crippen LogP contribution >= 0.6 is 0 Å². The van der Waals surface area contributed by atoms with Crippen LogP contribution in [0, 0.1) is 13.8 Å². The lowest BCUT2D eigenvalue weighted by molar-refractivity contribution is 0.0703. The molecule has 1 atom stereocenters. The number of rotatable bonds is 3. The van der Waals surface area contributed by atoms with Crippen LogP contribution in [0.5, 0.6) is 0 Å². The van der Waals surface area contributed by atoms with Crippen molar-refractivity contribution < 1.29 is 4.79 Å². The predicted molar refractivity (Wildman–Crippen MR) is 118 cm³/mol. The molecule has 2 aliphatic rings. The fraction of sp³-hybridized carbons (Fsp3) is 0.500. The van der Waals surface area contributed by atoms with Crippen LogP contribution in [0.1, 0.15) is 71.4 Å². The largest absolute Gasteiger partial charge is 0.338 e. The summed E-state index contributed by atoms with van der Waals surface area (Å²) < 4.78 is 4.24. The first-order chi connectivity index (χ1) is 15.1. The lowest BCUT2D eigenvalue weighted by atomic mass is 9.96. The van der Waals surface area contributed by atoms with Crippen molar-refractivity contribution in [2.24, 2.45) is 0 Å². The summed E-state index contributed by atoms with van der Waals surface area (Å²) in [5.41, 5.74) is 3.78. The third-order valence-electron chi connectivity index (χ3n) is 6.58. The normalized spacial score (nSPS) is 19.2. The molecular formula is C24H30N6O. The molecule has 1 aromatic carbocycles. The zero-order chi connectivity index (χ0) is 21.4. The number of carbonyl (C=O) groups is 1. The first kappa shape index (κ1) is 20.0. The van der Waals surface area contributed by atoms with Crippen molar-refractivity contribution in [3.63, 3.8) is 0 Å². The average Bonchev–Trinajstić information content (AvgIpc) is 3.26. The third kappa shape index (κ3) is 3.89. The number of aryl methyl sites for hydroxylation is 3. The zero-order valence-electron chi connectivity index (χ0n) is 18.4.